The van der Waals surface area contributed by atoms with Gasteiger partial charge in [0.2, 0.25) is 0 Å². The number of Topliss-reactive ketones (excluding diaryl/α,β-unsaturated/α-hetero) is 1. The number of hydrogen-bond donors (Lipinski definition) is 0. The second-order valence-corrected chi connectivity index (χ2v) is 5.12. The molecule has 1 aromatic carbocycles. The number of hydrogen-bond acceptors (Lipinski definition) is 2. The van der Waals surface area contributed by atoms with Gasteiger partial charge in [-0.1, -0.05) is 12.1 Å². The van der Waals surface area contributed by atoms with Crippen LogP contribution in [0.4, 0.5) is 5.69 Å². The second kappa shape index (κ2) is 5.35. The summed E-state index contributed by atoms with van der Waals surface area (Å²) in [6.45, 7) is 12.3. The smallest absolute Gasteiger partial charge is 0.162 e. The number of nitrogens with zero attached hydrogens (tertiary/aromatic N) is 1. The first-order chi connectivity index (χ1) is 7.86. The normalized spacial score (nSPS) is 11.1. The van der Waals surface area contributed by atoms with Crippen LogP contribution in [0.2, 0.25) is 0 Å². The quantitative estimate of drug-likeness (QED) is 0.737. The Morgan fingerprint density at radius 1 is 1.12 bits per heavy atom. The highest BCUT2D eigenvalue weighted by atomic mass is 16.1. The maximum absolute atomic E-state index is 11.8. The Labute approximate surface area is 105 Å². The molecule has 0 atom stereocenters. The lowest BCUT2D eigenvalue weighted by molar-refractivity contribution is 0.101. The molecule has 0 radical (unpaired) electrons. The molecular weight excluding hydrogens is 210 g/mol. The molecule has 0 fully saturated rings. The van der Waals surface area contributed by atoms with Crippen LogP contribution >= 0.6 is 0 Å². The molecule has 0 aliphatic heterocycles. The Hall–Kier alpha value is -1.31. The molecule has 0 heterocycles. The summed E-state index contributed by atoms with van der Waals surface area (Å²) < 4.78 is 0. The van der Waals surface area contributed by atoms with Crippen molar-refractivity contribution in [3.8, 4) is 0 Å². The van der Waals surface area contributed by atoms with Gasteiger partial charge in [0.15, 0.2) is 5.78 Å². The first kappa shape index (κ1) is 13.8. The van der Waals surface area contributed by atoms with Gasteiger partial charge in [-0.3, -0.25) is 4.79 Å². The molecule has 2 nitrogen and oxygen atoms in total. The van der Waals surface area contributed by atoms with Gasteiger partial charge in [0.05, 0.1) is 0 Å². The van der Waals surface area contributed by atoms with E-state index < -0.39 is 0 Å². The molecule has 94 valence electrons. The maximum Gasteiger partial charge on any atom is 0.162 e. The van der Waals surface area contributed by atoms with Crippen molar-refractivity contribution in [1.29, 1.82) is 0 Å². The monoisotopic (exact) mass is 233 g/mol. The van der Waals surface area contributed by atoms with E-state index in [9.17, 15) is 4.79 Å². The van der Waals surface area contributed by atoms with Gasteiger partial charge >= 0.3 is 0 Å². The van der Waals surface area contributed by atoms with Crippen molar-refractivity contribution in [2.75, 3.05) is 4.90 Å². The summed E-state index contributed by atoms with van der Waals surface area (Å²) in [4.78, 5) is 14.1. The van der Waals surface area contributed by atoms with Gasteiger partial charge in [-0.05, 0) is 53.2 Å². The second-order valence-electron chi connectivity index (χ2n) is 5.12. The molecule has 2 heteroatoms. The third-order valence-electron chi connectivity index (χ3n) is 2.99. The van der Waals surface area contributed by atoms with E-state index in [-0.39, 0.29) is 5.78 Å². The fourth-order valence-electron chi connectivity index (χ4n) is 2.48. The molecule has 0 amide bonds. The van der Waals surface area contributed by atoms with Crippen molar-refractivity contribution in [3.05, 3.63) is 29.3 Å². The number of carbonyl (C=O) groups is 1. The van der Waals surface area contributed by atoms with Gasteiger partial charge in [-0.15, -0.1) is 0 Å². The fourth-order valence-corrected chi connectivity index (χ4v) is 2.48. The Bertz CT molecular complexity index is 399. The highest BCUT2D eigenvalue weighted by Gasteiger charge is 2.20. The molecule has 1 aromatic rings. The van der Waals surface area contributed by atoms with Crippen LogP contribution < -0.4 is 4.90 Å². The van der Waals surface area contributed by atoms with E-state index in [1.165, 1.54) is 0 Å². The van der Waals surface area contributed by atoms with E-state index in [1.54, 1.807) is 6.92 Å². The molecule has 0 aromatic heterocycles. The zero-order valence-corrected chi connectivity index (χ0v) is 11.7. The van der Waals surface area contributed by atoms with Gasteiger partial charge in [0.1, 0.15) is 0 Å². The third-order valence-corrected chi connectivity index (χ3v) is 2.99. The fraction of sp³-hybridized carbons (Fsp3) is 0.533. The lowest BCUT2D eigenvalue weighted by Gasteiger charge is -2.34. The van der Waals surface area contributed by atoms with Crippen LogP contribution in [0.15, 0.2) is 18.2 Å². The predicted molar refractivity (Wildman–Crippen MR) is 73.9 cm³/mol. The number of aryl methyl sites for hydroxylation is 1. The Balaban J connectivity index is 3.38. The first-order valence-electron chi connectivity index (χ1n) is 6.25. The molecule has 0 saturated heterocycles. The predicted octanol–water partition coefficient (Wildman–Crippen LogP) is 3.82. The van der Waals surface area contributed by atoms with Crippen LogP contribution in [0.1, 0.15) is 50.5 Å². The zero-order valence-electron chi connectivity index (χ0n) is 11.7. The van der Waals surface area contributed by atoms with Gasteiger partial charge in [0.25, 0.3) is 0 Å². The molecule has 0 saturated carbocycles. The van der Waals surface area contributed by atoms with Crippen molar-refractivity contribution >= 4 is 11.5 Å². The molecule has 0 spiro atoms. The number of anilines is 1. The van der Waals surface area contributed by atoms with Crippen LogP contribution in [0.5, 0.6) is 0 Å². The average molecular weight is 233 g/mol. The van der Waals surface area contributed by atoms with Crippen molar-refractivity contribution < 1.29 is 4.79 Å². The molecule has 0 bridgehead atoms. The molecule has 0 aliphatic carbocycles. The minimum absolute atomic E-state index is 0.143. The van der Waals surface area contributed by atoms with Crippen molar-refractivity contribution in [3.63, 3.8) is 0 Å². The maximum atomic E-state index is 11.8. The number of benzene rings is 1. The highest BCUT2D eigenvalue weighted by Crippen LogP contribution is 2.27. The topological polar surface area (TPSA) is 20.3 Å². The molecule has 1 rings (SSSR count). The van der Waals surface area contributed by atoms with E-state index in [1.807, 2.05) is 25.1 Å². The molecule has 0 N–H and O–H groups in total. The third kappa shape index (κ3) is 2.87. The Morgan fingerprint density at radius 2 is 1.65 bits per heavy atom. The summed E-state index contributed by atoms with van der Waals surface area (Å²) in [7, 11) is 0. The van der Waals surface area contributed by atoms with Gasteiger partial charge in [-0.25, -0.2) is 0 Å². The van der Waals surface area contributed by atoms with Crippen LogP contribution in [0.25, 0.3) is 0 Å². The van der Waals surface area contributed by atoms with Crippen LogP contribution in [0.3, 0.4) is 0 Å². The SMILES string of the molecule is CC(=O)c1c(C)cccc1N(C(C)C)C(C)C. The number of rotatable bonds is 4. The standard InChI is InChI=1S/C15H23NO/c1-10(2)16(11(3)4)14-9-7-8-12(5)15(14)13(6)17/h7-11H,1-6H3. The summed E-state index contributed by atoms with van der Waals surface area (Å²) in [5.74, 6) is 0.143. The highest BCUT2D eigenvalue weighted by molar-refractivity contribution is 6.01. The summed E-state index contributed by atoms with van der Waals surface area (Å²) in [5.41, 5.74) is 2.97. The molecule has 0 aliphatic rings. The molecule has 0 unspecified atom stereocenters. The minimum Gasteiger partial charge on any atom is -0.366 e. The molecule has 17 heavy (non-hydrogen) atoms. The van der Waals surface area contributed by atoms with E-state index in [2.05, 4.69) is 32.6 Å². The van der Waals surface area contributed by atoms with Crippen LogP contribution in [-0.4, -0.2) is 17.9 Å². The minimum atomic E-state index is 0.143. The average Bonchev–Trinajstić information content (AvgIpc) is 2.15. The van der Waals surface area contributed by atoms with Crippen molar-refractivity contribution in [1.82, 2.24) is 0 Å². The largest absolute Gasteiger partial charge is 0.366 e. The number of carbonyl (C=O) groups excluding carboxylic acids is 1. The van der Waals surface area contributed by atoms with Gasteiger partial charge in [-0.2, -0.15) is 0 Å². The van der Waals surface area contributed by atoms with Crippen molar-refractivity contribution in [2.24, 2.45) is 0 Å². The van der Waals surface area contributed by atoms with Crippen LogP contribution in [-0.2, 0) is 0 Å². The van der Waals surface area contributed by atoms with Gasteiger partial charge < -0.3 is 4.90 Å². The van der Waals surface area contributed by atoms with E-state index >= 15 is 0 Å². The lowest BCUT2D eigenvalue weighted by atomic mass is 10.0. The molecular formula is C15H23NO. The van der Waals surface area contributed by atoms with Crippen molar-refractivity contribution in [2.45, 2.75) is 53.6 Å². The summed E-state index contributed by atoms with van der Waals surface area (Å²) in [6.07, 6.45) is 0. The Morgan fingerprint density at radius 3 is 2.06 bits per heavy atom. The summed E-state index contributed by atoms with van der Waals surface area (Å²) in [5, 5.41) is 0. The summed E-state index contributed by atoms with van der Waals surface area (Å²) >= 11 is 0. The number of ketones is 1. The lowest BCUT2D eigenvalue weighted by Crippen LogP contribution is -2.38. The Kier molecular flexibility index (Phi) is 4.33. The van der Waals surface area contributed by atoms with E-state index in [0.717, 1.165) is 16.8 Å². The zero-order chi connectivity index (χ0) is 13.2. The van der Waals surface area contributed by atoms with E-state index in [4.69, 9.17) is 0 Å². The summed E-state index contributed by atoms with van der Waals surface area (Å²) in [6, 6.07) is 6.84. The van der Waals surface area contributed by atoms with E-state index in [0.29, 0.717) is 12.1 Å². The first-order valence-corrected chi connectivity index (χ1v) is 6.25. The van der Waals surface area contributed by atoms with Gasteiger partial charge in [0, 0.05) is 23.3 Å². The van der Waals surface area contributed by atoms with Crippen LogP contribution in [0, 0.1) is 6.92 Å².